The Kier molecular flexibility index (Phi) is 2.29. The molecule has 0 saturated heterocycles. The maximum absolute atomic E-state index is 11.2. The number of carbonyl (C=O) groups excluding carboxylic acids is 2. The molecule has 1 unspecified atom stereocenters. The lowest BCUT2D eigenvalue weighted by atomic mass is 10.1. The standard InChI is InChI=1S/C7H5BrN2O2/c1-3-4(8)6(11)5(9-2)7(12)10-3/h5H,1H3,(H,10,12). The van der Waals surface area contributed by atoms with Crippen molar-refractivity contribution in [3.63, 3.8) is 0 Å². The number of carbonyl (C=O) groups is 2. The topological polar surface area (TPSA) is 50.5 Å². The summed E-state index contributed by atoms with van der Waals surface area (Å²) in [4.78, 5) is 25.1. The highest BCUT2D eigenvalue weighted by Crippen LogP contribution is 2.19. The van der Waals surface area contributed by atoms with Crippen molar-refractivity contribution in [1.82, 2.24) is 5.32 Å². The third-order valence-corrected chi connectivity index (χ3v) is 2.47. The second kappa shape index (κ2) is 3.07. The van der Waals surface area contributed by atoms with Gasteiger partial charge < -0.3 is 5.32 Å². The summed E-state index contributed by atoms with van der Waals surface area (Å²) in [7, 11) is 0. The highest BCUT2D eigenvalue weighted by molar-refractivity contribution is 9.12. The summed E-state index contributed by atoms with van der Waals surface area (Å²) in [5.41, 5.74) is 0.463. The molecule has 0 fully saturated rings. The van der Waals surface area contributed by atoms with Gasteiger partial charge in [0.25, 0.3) is 5.78 Å². The normalized spacial score (nSPS) is 23.6. The van der Waals surface area contributed by atoms with E-state index in [0.29, 0.717) is 5.70 Å². The van der Waals surface area contributed by atoms with Gasteiger partial charge in [0.1, 0.15) is 0 Å². The second-order valence-corrected chi connectivity index (χ2v) is 3.12. The molecule has 5 heteroatoms. The molecule has 4 nitrogen and oxygen atoms in total. The van der Waals surface area contributed by atoms with Crippen LogP contribution in [-0.2, 0) is 9.59 Å². The predicted octanol–water partition coefficient (Wildman–Crippen LogP) is 0.600. The van der Waals surface area contributed by atoms with Crippen molar-refractivity contribution < 1.29 is 9.59 Å². The smallest absolute Gasteiger partial charge is 0.322 e. The van der Waals surface area contributed by atoms with E-state index < -0.39 is 17.7 Å². The average Bonchev–Trinajstić information content (AvgIpc) is 2.01. The Hall–Kier alpha value is -1.15. The molecule has 0 radical (unpaired) electrons. The van der Waals surface area contributed by atoms with E-state index in [1.807, 2.05) is 0 Å². The molecule has 1 heterocycles. The van der Waals surface area contributed by atoms with Gasteiger partial charge in [-0.25, -0.2) is 6.57 Å². The van der Waals surface area contributed by atoms with Gasteiger partial charge in [0.05, 0.1) is 4.48 Å². The molecule has 0 aliphatic carbocycles. The first-order valence-electron chi connectivity index (χ1n) is 3.16. The fourth-order valence-corrected chi connectivity index (χ4v) is 1.17. The SMILES string of the molecule is [C-]#[N+]C1C(=O)NC(C)=C(Br)C1=O. The Morgan fingerprint density at radius 1 is 1.58 bits per heavy atom. The van der Waals surface area contributed by atoms with Gasteiger partial charge >= 0.3 is 11.9 Å². The number of Topliss-reactive ketones (excluding diaryl/α,β-unsaturated/α-hetero) is 1. The fourth-order valence-electron chi connectivity index (χ4n) is 0.849. The molecule has 62 valence electrons. The number of nitrogens with one attached hydrogen (secondary N) is 1. The second-order valence-electron chi connectivity index (χ2n) is 2.32. The number of hydrogen-bond donors (Lipinski definition) is 1. The van der Waals surface area contributed by atoms with Gasteiger partial charge in [-0.3, -0.25) is 14.4 Å². The molecule has 1 atom stereocenters. The van der Waals surface area contributed by atoms with Crippen LogP contribution in [0.25, 0.3) is 4.85 Å². The summed E-state index contributed by atoms with van der Waals surface area (Å²) in [6.45, 7) is 8.21. The van der Waals surface area contributed by atoms with Crippen LogP contribution in [0, 0.1) is 6.57 Å². The van der Waals surface area contributed by atoms with Crippen molar-refractivity contribution >= 4 is 27.6 Å². The third-order valence-electron chi connectivity index (χ3n) is 1.48. The minimum Gasteiger partial charge on any atom is -0.322 e. The van der Waals surface area contributed by atoms with Crippen LogP contribution in [0.15, 0.2) is 10.2 Å². The number of allylic oxidation sites excluding steroid dienone is 1. The van der Waals surface area contributed by atoms with Gasteiger partial charge in [-0.1, -0.05) is 0 Å². The van der Waals surface area contributed by atoms with Gasteiger partial charge in [0, 0.05) is 5.70 Å². The minimum absolute atomic E-state index is 0.281. The van der Waals surface area contributed by atoms with E-state index in [1.54, 1.807) is 6.92 Å². The summed E-state index contributed by atoms with van der Waals surface area (Å²) in [5.74, 6) is -1.01. The Balaban J connectivity index is 3.11. The van der Waals surface area contributed by atoms with E-state index in [9.17, 15) is 9.59 Å². The minimum atomic E-state index is -1.22. The van der Waals surface area contributed by atoms with Gasteiger partial charge in [-0.15, -0.1) is 0 Å². The maximum atomic E-state index is 11.2. The summed E-state index contributed by atoms with van der Waals surface area (Å²) in [6, 6.07) is -1.22. The van der Waals surface area contributed by atoms with Crippen molar-refractivity contribution in [2.24, 2.45) is 0 Å². The van der Waals surface area contributed by atoms with Crippen LogP contribution in [-0.4, -0.2) is 17.7 Å². The highest BCUT2D eigenvalue weighted by atomic mass is 79.9. The Morgan fingerprint density at radius 2 is 2.17 bits per heavy atom. The molecule has 0 aromatic rings. The molecule has 0 aromatic carbocycles. The largest absolute Gasteiger partial charge is 0.362 e. The molecular weight excluding hydrogens is 224 g/mol. The van der Waals surface area contributed by atoms with Gasteiger partial charge in [0.2, 0.25) is 0 Å². The van der Waals surface area contributed by atoms with Crippen molar-refractivity contribution in [3.8, 4) is 0 Å². The van der Waals surface area contributed by atoms with Gasteiger partial charge in [-0.05, 0) is 22.9 Å². The fraction of sp³-hybridized carbons (Fsp3) is 0.286. The molecule has 0 bridgehead atoms. The van der Waals surface area contributed by atoms with E-state index in [0.717, 1.165) is 0 Å². The first kappa shape index (κ1) is 8.94. The van der Waals surface area contributed by atoms with Crippen LogP contribution in [0.3, 0.4) is 0 Å². The van der Waals surface area contributed by atoms with Crippen molar-refractivity contribution in [2.45, 2.75) is 13.0 Å². The van der Waals surface area contributed by atoms with Crippen molar-refractivity contribution in [3.05, 3.63) is 21.6 Å². The van der Waals surface area contributed by atoms with E-state index in [2.05, 4.69) is 26.1 Å². The number of rotatable bonds is 0. The van der Waals surface area contributed by atoms with Crippen LogP contribution in [0.4, 0.5) is 0 Å². The quantitative estimate of drug-likeness (QED) is 0.488. The molecule has 0 saturated carbocycles. The lowest BCUT2D eigenvalue weighted by Crippen LogP contribution is -2.42. The Bertz CT molecular complexity index is 327. The van der Waals surface area contributed by atoms with E-state index in [4.69, 9.17) is 6.57 Å². The van der Waals surface area contributed by atoms with Crippen LogP contribution >= 0.6 is 15.9 Å². The monoisotopic (exact) mass is 228 g/mol. The molecule has 1 aliphatic rings. The molecular formula is C7H5BrN2O2. The molecule has 1 aliphatic heterocycles. The van der Waals surface area contributed by atoms with Crippen LogP contribution in [0.5, 0.6) is 0 Å². The molecule has 1 amide bonds. The third kappa shape index (κ3) is 1.25. The van der Waals surface area contributed by atoms with Gasteiger partial charge in [0.15, 0.2) is 0 Å². The summed E-state index contributed by atoms with van der Waals surface area (Å²) in [6.07, 6.45) is 0. The van der Waals surface area contributed by atoms with Crippen molar-refractivity contribution in [1.29, 1.82) is 0 Å². The van der Waals surface area contributed by atoms with E-state index in [-0.39, 0.29) is 4.48 Å². The number of hydrogen-bond acceptors (Lipinski definition) is 2. The van der Waals surface area contributed by atoms with Crippen LogP contribution < -0.4 is 5.32 Å². The summed E-state index contributed by atoms with van der Waals surface area (Å²) < 4.78 is 0.281. The molecule has 1 N–H and O–H groups in total. The predicted molar refractivity (Wildman–Crippen MR) is 45.2 cm³/mol. The maximum Gasteiger partial charge on any atom is 0.362 e. The lowest BCUT2D eigenvalue weighted by Gasteiger charge is -2.13. The zero-order valence-corrected chi connectivity index (χ0v) is 7.81. The molecule has 1 rings (SSSR count). The molecule has 12 heavy (non-hydrogen) atoms. The highest BCUT2D eigenvalue weighted by Gasteiger charge is 2.38. The van der Waals surface area contributed by atoms with Crippen LogP contribution in [0.2, 0.25) is 0 Å². The Morgan fingerprint density at radius 3 is 2.67 bits per heavy atom. The Labute approximate surface area is 77.6 Å². The summed E-state index contributed by atoms with van der Waals surface area (Å²) >= 11 is 3.00. The first-order chi connectivity index (χ1) is 5.57. The summed E-state index contributed by atoms with van der Waals surface area (Å²) in [5, 5.41) is 2.42. The number of ketones is 1. The van der Waals surface area contributed by atoms with Crippen molar-refractivity contribution in [2.75, 3.05) is 0 Å². The van der Waals surface area contributed by atoms with E-state index in [1.165, 1.54) is 0 Å². The van der Waals surface area contributed by atoms with Gasteiger partial charge in [-0.2, -0.15) is 0 Å². The zero-order valence-electron chi connectivity index (χ0n) is 6.22. The number of nitrogens with zero attached hydrogens (tertiary/aromatic N) is 1. The first-order valence-corrected chi connectivity index (χ1v) is 3.95. The van der Waals surface area contributed by atoms with E-state index >= 15 is 0 Å². The number of halogens is 1. The number of amides is 1. The average molecular weight is 229 g/mol. The zero-order chi connectivity index (χ0) is 9.30. The van der Waals surface area contributed by atoms with Crippen LogP contribution in [0.1, 0.15) is 6.92 Å². The molecule has 0 aromatic heterocycles. The lowest BCUT2D eigenvalue weighted by molar-refractivity contribution is -0.127. The molecule has 0 spiro atoms.